The maximum absolute atomic E-state index is 5.93. The van der Waals surface area contributed by atoms with Gasteiger partial charge in [-0.05, 0) is 58.0 Å². The zero-order chi connectivity index (χ0) is 17.8. The SMILES string of the molecule is Clc1ccc(-n2nnnc2COc2ccc(-c3ccccc3)cc2)cc1. The fourth-order valence-corrected chi connectivity index (χ4v) is 2.73. The van der Waals surface area contributed by atoms with Crippen LogP contribution in [0.5, 0.6) is 5.75 Å². The first kappa shape index (κ1) is 16.3. The van der Waals surface area contributed by atoms with Crippen LogP contribution in [0.1, 0.15) is 5.82 Å². The second kappa shape index (κ2) is 7.37. The summed E-state index contributed by atoms with van der Waals surface area (Å²) < 4.78 is 7.47. The summed E-state index contributed by atoms with van der Waals surface area (Å²) in [6, 6.07) is 25.5. The molecule has 4 aromatic rings. The quantitative estimate of drug-likeness (QED) is 0.522. The molecule has 0 bridgehead atoms. The van der Waals surface area contributed by atoms with Gasteiger partial charge in [0, 0.05) is 5.02 Å². The van der Waals surface area contributed by atoms with Gasteiger partial charge >= 0.3 is 0 Å². The number of hydrogen-bond donors (Lipinski definition) is 0. The summed E-state index contributed by atoms with van der Waals surface area (Å²) >= 11 is 5.93. The van der Waals surface area contributed by atoms with Crippen LogP contribution in [-0.4, -0.2) is 20.2 Å². The van der Waals surface area contributed by atoms with Crippen LogP contribution >= 0.6 is 11.6 Å². The second-order valence-electron chi connectivity index (χ2n) is 5.66. The lowest BCUT2D eigenvalue weighted by molar-refractivity contribution is 0.292. The first-order valence-electron chi connectivity index (χ1n) is 8.11. The van der Waals surface area contributed by atoms with Gasteiger partial charge in [-0.1, -0.05) is 54.1 Å². The van der Waals surface area contributed by atoms with Crippen LogP contribution in [0.25, 0.3) is 16.8 Å². The summed E-state index contributed by atoms with van der Waals surface area (Å²) in [6.07, 6.45) is 0. The summed E-state index contributed by atoms with van der Waals surface area (Å²) in [4.78, 5) is 0. The van der Waals surface area contributed by atoms with E-state index in [0.29, 0.717) is 10.8 Å². The Bertz CT molecular complexity index is 983. The first-order valence-corrected chi connectivity index (χ1v) is 8.49. The minimum Gasteiger partial charge on any atom is -0.486 e. The lowest BCUT2D eigenvalue weighted by Gasteiger charge is -2.08. The molecule has 0 fully saturated rings. The van der Waals surface area contributed by atoms with Crippen LogP contribution in [0.3, 0.4) is 0 Å². The van der Waals surface area contributed by atoms with Crippen molar-refractivity contribution < 1.29 is 4.74 Å². The highest BCUT2D eigenvalue weighted by Crippen LogP contribution is 2.22. The Hall–Kier alpha value is -3.18. The topological polar surface area (TPSA) is 52.8 Å². The van der Waals surface area contributed by atoms with E-state index in [9.17, 15) is 0 Å². The molecule has 0 amide bonds. The Morgan fingerprint density at radius 3 is 2.23 bits per heavy atom. The third-order valence-electron chi connectivity index (χ3n) is 3.93. The number of tetrazole rings is 1. The molecule has 0 saturated carbocycles. The Kier molecular flexibility index (Phi) is 4.62. The van der Waals surface area contributed by atoms with Crippen molar-refractivity contribution in [2.24, 2.45) is 0 Å². The van der Waals surface area contributed by atoms with Gasteiger partial charge in [-0.25, -0.2) is 0 Å². The van der Waals surface area contributed by atoms with E-state index in [2.05, 4.69) is 27.7 Å². The number of halogens is 1. The summed E-state index contributed by atoms with van der Waals surface area (Å²) in [7, 11) is 0. The highest BCUT2D eigenvalue weighted by atomic mass is 35.5. The molecule has 0 saturated heterocycles. The van der Waals surface area contributed by atoms with Gasteiger partial charge in [-0.15, -0.1) is 5.10 Å². The fraction of sp³-hybridized carbons (Fsp3) is 0.0500. The molecule has 1 aromatic heterocycles. The van der Waals surface area contributed by atoms with Gasteiger partial charge in [0.15, 0.2) is 5.82 Å². The van der Waals surface area contributed by atoms with Crippen molar-refractivity contribution in [1.29, 1.82) is 0 Å². The Morgan fingerprint density at radius 1 is 0.808 bits per heavy atom. The van der Waals surface area contributed by atoms with Crippen LogP contribution < -0.4 is 4.74 Å². The number of rotatable bonds is 5. The van der Waals surface area contributed by atoms with Crippen molar-refractivity contribution in [3.8, 4) is 22.6 Å². The fourth-order valence-electron chi connectivity index (χ4n) is 2.60. The summed E-state index contributed by atoms with van der Waals surface area (Å²) in [6.45, 7) is 0.264. The van der Waals surface area contributed by atoms with Crippen molar-refractivity contribution in [3.63, 3.8) is 0 Å². The van der Waals surface area contributed by atoms with E-state index in [1.165, 1.54) is 5.56 Å². The third kappa shape index (κ3) is 3.58. The number of aromatic nitrogens is 4. The molecule has 5 nitrogen and oxygen atoms in total. The van der Waals surface area contributed by atoms with Crippen molar-refractivity contribution in [1.82, 2.24) is 20.2 Å². The molecule has 0 aliphatic carbocycles. The molecule has 0 unspecified atom stereocenters. The van der Waals surface area contributed by atoms with Crippen molar-refractivity contribution in [3.05, 3.63) is 89.7 Å². The minimum absolute atomic E-state index is 0.264. The van der Waals surface area contributed by atoms with Gasteiger partial charge in [-0.2, -0.15) is 4.68 Å². The lowest BCUT2D eigenvalue weighted by Crippen LogP contribution is -2.06. The zero-order valence-corrected chi connectivity index (χ0v) is 14.5. The molecule has 1 heterocycles. The molecule has 3 aromatic carbocycles. The van der Waals surface area contributed by atoms with E-state index in [0.717, 1.165) is 17.0 Å². The van der Waals surface area contributed by atoms with Crippen LogP contribution in [0.4, 0.5) is 0 Å². The summed E-state index contributed by atoms with van der Waals surface area (Å²) in [5, 5.41) is 12.5. The summed E-state index contributed by atoms with van der Waals surface area (Å²) in [5.74, 6) is 1.37. The standard InChI is InChI=1S/C20H15ClN4O/c21-17-8-10-18(11-9-17)25-20(22-23-24-25)14-26-19-12-6-16(7-13-19)15-4-2-1-3-5-15/h1-13H,14H2. The van der Waals surface area contributed by atoms with E-state index in [-0.39, 0.29) is 6.61 Å². The minimum atomic E-state index is 0.264. The largest absolute Gasteiger partial charge is 0.486 e. The molecule has 6 heteroatoms. The molecule has 4 rings (SSSR count). The Balaban J connectivity index is 1.47. The lowest BCUT2D eigenvalue weighted by atomic mass is 10.1. The van der Waals surface area contributed by atoms with E-state index in [1.54, 1.807) is 16.8 Å². The molecule has 128 valence electrons. The normalized spacial score (nSPS) is 10.7. The highest BCUT2D eigenvalue weighted by molar-refractivity contribution is 6.30. The Labute approximate surface area is 155 Å². The van der Waals surface area contributed by atoms with Crippen molar-refractivity contribution in [2.45, 2.75) is 6.61 Å². The van der Waals surface area contributed by atoms with E-state index in [1.807, 2.05) is 54.6 Å². The molecule has 26 heavy (non-hydrogen) atoms. The maximum atomic E-state index is 5.93. The van der Waals surface area contributed by atoms with Gasteiger partial charge in [0.1, 0.15) is 12.4 Å². The summed E-state index contributed by atoms with van der Waals surface area (Å²) in [5.41, 5.74) is 3.15. The highest BCUT2D eigenvalue weighted by Gasteiger charge is 2.09. The van der Waals surface area contributed by atoms with Gasteiger partial charge in [0.05, 0.1) is 5.69 Å². The van der Waals surface area contributed by atoms with Crippen LogP contribution in [0.2, 0.25) is 5.02 Å². The zero-order valence-electron chi connectivity index (χ0n) is 13.8. The smallest absolute Gasteiger partial charge is 0.194 e. The van der Waals surface area contributed by atoms with E-state index < -0.39 is 0 Å². The number of nitrogens with zero attached hydrogens (tertiary/aromatic N) is 4. The molecule has 0 spiro atoms. The molecular weight excluding hydrogens is 348 g/mol. The van der Waals surface area contributed by atoms with Gasteiger partial charge in [0.2, 0.25) is 0 Å². The van der Waals surface area contributed by atoms with Crippen LogP contribution in [0, 0.1) is 0 Å². The van der Waals surface area contributed by atoms with E-state index >= 15 is 0 Å². The Morgan fingerprint density at radius 2 is 1.50 bits per heavy atom. The molecule has 0 aliphatic heterocycles. The van der Waals surface area contributed by atoms with Gasteiger partial charge < -0.3 is 4.74 Å². The maximum Gasteiger partial charge on any atom is 0.194 e. The average Bonchev–Trinajstić information content (AvgIpc) is 3.17. The molecule has 0 atom stereocenters. The average molecular weight is 363 g/mol. The van der Waals surface area contributed by atoms with Gasteiger partial charge in [0.25, 0.3) is 0 Å². The monoisotopic (exact) mass is 362 g/mol. The van der Waals surface area contributed by atoms with Crippen molar-refractivity contribution in [2.75, 3.05) is 0 Å². The molecule has 0 aliphatic rings. The molecule has 0 N–H and O–H groups in total. The van der Waals surface area contributed by atoms with E-state index in [4.69, 9.17) is 16.3 Å². The number of benzene rings is 3. The first-order chi connectivity index (χ1) is 12.8. The second-order valence-corrected chi connectivity index (χ2v) is 6.10. The third-order valence-corrected chi connectivity index (χ3v) is 4.19. The van der Waals surface area contributed by atoms with Crippen molar-refractivity contribution >= 4 is 11.6 Å². The number of hydrogen-bond acceptors (Lipinski definition) is 4. The van der Waals surface area contributed by atoms with Gasteiger partial charge in [-0.3, -0.25) is 0 Å². The molecule has 0 radical (unpaired) electrons. The number of ether oxygens (including phenoxy) is 1. The predicted octanol–water partition coefficient (Wildman–Crippen LogP) is 4.56. The van der Waals surface area contributed by atoms with Crippen LogP contribution in [0.15, 0.2) is 78.9 Å². The molecular formula is C20H15ClN4O. The predicted molar refractivity (Wildman–Crippen MR) is 100 cm³/mol. The van der Waals surface area contributed by atoms with Crippen LogP contribution in [-0.2, 0) is 6.61 Å².